The van der Waals surface area contributed by atoms with Crippen molar-refractivity contribution >= 4 is 23.0 Å². The van der Waals surface area contributed by atoms with Crippen LogP contribution in [-0.2, 0) is 17.5 Å². The first-order valence-electron chi connectivity index (χ1n) is 13.1. The van der Waals surface area contributed by atoms with E-state index >= 15 is 0 Å². The normalized spacial score (nSPS) is 18.4. The standard InChI is InChI=1S/C26H35F3N4O5/c1-16(2)32(18-7-6-10-30(15-18)25(36)37)23(34)19-13-21-22(14-20(19)26(27,28)29)33(17-8-9-17)24(35)31(21)11-4-5-12-38-3/h13-14,16-18H,4-12,15H2,1-3H3,(H,36,37)/t18-/m1/s1. The molecular formula is C26H35F3N4O5. The van der Waals surface area contributed by atoms with Crippen molar-refractivity contribution in [3.63, 3.8) is 0 Å². The Kier molecular flexibility index (Phi) is 8.10. The zero-order valence-electron chi connectivity index (χ0n) is 22.0. The lowest BCUT2D eigenvalue weighted by Crippen LogP contribution is -2.54. The van der Waals surface area contributed by atoms with Crippen LogP contribution in [0.5, 0.6) is 0 Å². The molecule has 4 rings (SSSR count). The Balaban J connectivity index is 1.83. The fourth-order valence-electron chi connectivity index (χ4n) is 5.47. The van der Waals surface area contributed by atoms with Crippen LogP contribution in [0.15, 0.2) is 16.9 Å². The number of amides is 2. The first-order valence-corrected chi connectivity index (χ1v) is 13.1. The van der Waals surface area contributed by atoms with Crippen LogP contribution in [0.1, 0.15) is 74.3 Å². The highest BCUT2D eigenvalue weighted by Crippen LogP contribution is 2.40. The van der Waals surface area contributed by atoms with Crippen molar-refractivity contribution in [1.82, 2.24) is 18.9 Å². The predicted molar refractivity (Wildman–Crippen MR) is 135 cm³/mol. The molecule has 1 aliphatic carbocycles. The number of halogens is 3. The van der Waals surface area contributed by atoms with Crippen molar-refractivity contribution < 1.29 is 32.6 Å². The molecule has 2 aromatic rings. The quantitative estimate of drug-likeness (QED) is 0.470. The van der Waals surface area contributed by atoms with Gasteiger partial charge in [0.2, 0.25) is 0 Å². The molecule has 1 aromatic heterocycles. The number of nitrogens with zero attached hydrogens (tertiary/aromatic N) is 4. The Labute approximate surface area is 218 Å². The molecule has 12 heteroatoms. The molecule has 2 amide bonds. The molecule has 38 heavy (non-hydrogen) atoms. The van der Waals surface area contributed by atoms with Crippen molar-refractivity contribution in [2.24, 2.45) is 0 Å². The van der Waals surface area contributed by atoms with Crippen molar-refractivity contribution in [2.75, 3.05) is 26.8 Å². The van der Waals surface area contributed by atoms with Crippen LogP contribution in [-0.4, -0.2) is 74.9 Å². The fourth-order valence-corrected chi connectivity index (χ4v) is 5.47. The van der Waals surface area contributed by atoms with E-state index in [1.54, 1.807) is 21.0 Å². The number of rotatable bonds is 9. The van der Waals surface area contributed by atoms with Crippen LogP contribution < -0.4 is 5.69 Å². The summed E-state index contributed by atoms with van der Waals surface area (Å²) in [6, 6.07) is 0.979. The minimum atomic E-state index is -4.83. The van der Waals surface area contributed by atoms with Gasteiger partial charge in [-0.05, 0) is 64.5 Å². The van der Waals surface area contributed by atoms with Crippen molar-refractivity contribution in [3.05, 3.63) is 33.7 Å². The number of aryl methyl sites for hydroxylation is 1. The van der Waals surface area contributed by atoms with Gasteiger partial charge in [-0.3, -0.25) is 13.9 Å². The number of carbonyl (C=O) groups is 2. The maximum absolute atomic E-state index is 14.4. The lowest BCUT2D eigenvalue weighted by atomic mass is 9.98. The molecule has 210 valence electrons. The maximum atomic E-state index is 14.4. The number of carboxylic acid groups (broad SMARTS) is 1. The summed E-state index contributed by atoms with van der Waals surface area (Å²) >= 11 is 0. The van der Waals surface area contributed by atoms with Gasteiger partial charge in [0.25, 0.3) is 5.91 Å². The number of unbranched alkanes of at least 4 members (excludes halogenated alkanes) is 1. The summed E-state index contributed by atoms with van der Waals surface area (Å²) < 4.78 is 51.1. The van der Waals surface area contributed by atoms with E-state index in [1.165, 1.54) is 25.0 Å². The fraction of sp³-hybridized carbons (Fsp3) is 0.654. The van der Waals surface area contributed by atoms with E-state index in [9.17, 15) is 32.7 Å². The highest BCUT2D eigenvalue weighted by molar-refractivity contribution is 6.00. The van der Waals surface area contributed by atoms with Gasteiger partial charge in [0.05, 0.1) is 28.2 Å². The molecule has 1 saturated carbocycles. The lowest BCUT2D eigenvalue weighted by Gasteiger charge is -2.40. The minimum absolute atomic E-state index is 0.0329. The largest absolute Gasteiger partial charge is 0.465 e. The number of hydrogen-bond acceptors (Lipinski definition) is 4. The Morgan fingerprint density at radius 1 is 1.16 bits per heavy atom. The molecule has 1 aliphatic heterocycles. The van der Waals surface area contributed by atoms with Crippen LogP contribution in [0.3, 0.4) is 0 Å². The second-order valence-electron chi connectivity index (χ2n) is 10.5. The van der Waals surface area contributed by atoms with Gasteiger partial charge in [-0.15, -0.1) is 0 Å². The van der Waals surface area contributed by atoms with Gasteiger partial charge in [0, 0.05) is 45.4 Å². The lowest BCUT2D eigenvalue weighted by molar-refractivity contribution is -0.138. The molecule has 1 atom stereocenters. The molecular weight excluding hydrogens is 505 g/mol. The number of benzene rings is 1. The molecule has 2 heterocycles. The number of methoxy groups -OCH3 is 1. The van der Waals surface area contributed by atoms with E-state index < -0.39 is 41.4 Å². The molecule has 0 unspecified atom stereocenters. The van der Waals surface area contributed by atoms with E-state index in [2.05, 4.69) is 0 Å². The van der Waals surface area contributed by atoms with Gasteiger partial charge in [0.15, 0.2) is 0 Å². The highest BCUT2D eigenvalue weighted by atomic mass is 19.4. The molecule has 2 fully saturated rings. The zero-order valence-corrected chi connectivity index (χ0v) is 22.0. The summed E-state index contributed by atoms with van der Waals surface area (Å²) in [5, 5.41) is 9.45. The molecule has 2 aliphatic rings. The average molecular weight is 541 g/mol. The summed E-state index contributed by atoms with van der Waals surface area (Å²) in [4.78, 5) is 41.3. The number of piperidine rings is 1. The van der Waals surface area contributed by atoms with Crippen LogP contribution in [0.25, 0.3) is 11.0 Å². The maximum Gasteiger partial charge on any atom is 0.417 e. The van der Waals surface area contributed by atoms with Crippen molar-refractivity contribution in [2.45, 2.75) is 83.2 Å². The third-order valence-corrected chi connectivity index (χ3v) is 7.38. The van der Waals surface area contributed by atoms with E-state index in [-0.39, 0.29) is 23.8 Å². The monoisotopic (exact) mass is 540 g/mol. The summed E-state index contributed by atoms with van der Waals surface area (Å²) in [5.41, 5.74) is -1.50. The third-order valence-electron chi connectivity index (χ3n) is 7.38. The molecule has 0 spiro atoms. The zero-order chi connectivity index (χ0) is 27.8. The van der Waals surface area contributed by atoms with Crippen LogP contribution in [0.4, 0.5) is 18.0 Å². The van der Waals surface area contributed by atoms with Gasteiger partial charge >= 0.3 is 18.0 Å². The molecule has 9 nitrogen and oxygen atoms in total. The number of likely N-dealkylation sites (tertiary alicyclic amines) is 1. The molecule has 0 bridgehead atoms. The topological polar surface area (TPSA) is 97.0 Å². The molecule has 1 N–H and O–H groups in total. The number of fused-ring (bicyclic) bond motifs is 1. The third kappa shape index (κ3) is 5.55. The highest BCUT2D eigenvalue weighted by Gasteiger charge is 2.41. The number of carbonyl (C=O) groups excluding carboxylic acids is 1. The predicted octanol–water partition coefficient (Wildman–Crippen LogP) is 4.58. The van der Waals surface area contributed by atoms with Gasteiger partial charge in [-0.25, -0.2) is 9.59 Å². The number of imidazole rings is 1. The Bertz CT molecular complexity index is 1250. The van der Waals surface area contributed by atoms with E-state index in [0.29, 0.717) is 63.7 Å². The van der Waals surface area contributed by atoms with E-state index in [0.717, 1.165) is 6.07 Å². The summed E-state index contributed by atoms with van der Waals surface area (Å²) in [5.74, 6) is -0.816. The first kappa shape index (κ1) is 28.0. The average Bonchev–Trinajstić information content (AvgIpc) is 3.64. The minimum Gasteiger partial charge on any atom is -0.465 e. The molecule has 0 radical (unpaired) electrons. The van der Waals surface area contributed by atoms with Crippen LogP contribution >= 0.6 is 0 Å². The number of aromatic nitrogens is 2. The Morgan fingerprint density at radius 2 is 1.87 bits per heavy atom. The summed E-state index contributed by atoms with van der Waals surface area (Å²) in [6.07, 6.45) is -2.26. The smallest absolute Gasteiger partial charge is 0.417 e. The number of ether oxygens (including phenoxy) is 1. The summed E-state index contributed by atoms with van der Waals surface area (Å²) in [6.45, 7) is 4.55. The van der Waals surface area contributed by atoms with Gasteiger partial charge in [-0.1, -0.05) is 0 Å². The van der Waals surface area contributed by atoms with Crippen LogP contribution in [0.2, 0.25) is 0 Å². The SMILES string of the molecule is COCCCCn1c(=O)n(C2CC2)c2cc(C(F)(F)F)c(C(=O)N(C(C)C)[C@@H]3CCCN(C(=O)O)C3)cc21. The van der Waals surface area contributed by atoms with Crippen LogP contribution in [0, 0.1) is 0 Å². The Morgan fingerprint density at radius 3 is 2.45 bits per heavy atom. The molecule has 1 aromatic carbocycles. The Hall–Kier alpha value is -3.02. The van der Waals surface area contributed by atoms with E-state index in [1.807, 2.05) is 0 Å². The number of alkyl halides is 3. The van der Waals surface area contributed by atoms with E-state index in [4.69, 9.17) is 4.74 Å². The van der Waals surface area contributed by atoms with Gasteiger partial charge < -0.3 is 19.6 Å². The first-order chi connectivity index (χ1) is 18.0. The molecule has 1 saturated heterocycles. The second kappa shape index (κ2) is 11.0. The second-order valence-corrected chi connectivity index (χ2v) is 10.5. The number of hydrogen-bond donors (Lipinski definition) is 1. The van der Waals surface area contributed by atoms with Crippen molar-refractivity contribution in [1.29, 1.82) is 0 Å². The van der Waals surface area contributed by atoms with Gasteiger partial charge in [0.1, 0.15) is 0 Å². The van der Waals surface area contributed by atoms with Gasteiger partial charge in [-0.2, -0.15) is 13.2 Å². The van der Waals surface area contributed by atoms with Crippen molar-refractivity contribution in [3.8, 4) is 0 Å². The summed E-state index contributed by atoms with van der Waals surface area (Å²) in [7, 11) is 1.57.